The van der Waals surface area contributed by atoms with E-state index in [1.54, 1.807) is 0 Å². The zero-order valence-electron chi connectivity index (χ0n) is 15.2. The molecular formula is C19H22FN5O2. The van der Waals surface area contributed by atoms with Gasteiger partial charge in [-0.3, -0.25) is 24.7 Å². The third-order valence-electron chi connectivity index (χ3n) is 6.13. The molecule has 0 radical (unpaired) electrons. The van der Waals surface area contributed by atoms with Gasteiger partial charge in [0.25, 0.3) is 0 Å². The highest BCUT2D eigenvalue weighted by molar-refractivity contribution is 6.58. The molecule has 4 heterocycles. The van der Waals surface area contributed by atoms with E-state index in [-0.39, 0.29) is 35.2 Å². The van der Waals surface area contributed by atoms with Crippen molar-refractivity contribution in [1.29, 1.82) is 0 Å². The van der Waals surface area contributed by atoms with Gasteiger partial charge in [-0.25, -0.2) is 9.38 Å². The lowest BCUT2D eigenvalue weighted by Crippen LogP contribution is -2.63. The molecule has 0 saturated carbocycles. The van der Waals surface area contributed by atoms with Crippen LogP contribution in [0, 0.1) is 11.7 Å². The normalized spacial score (nSPS) is 31.4. The van der Waals surface area contributed by atoms with Crippen LogP contribution >= 0.6 is 0 Å². The third kappa shape index (κ3) is 2.62. The lowest BCUT2D eigenvalue weighted by atomic mass is 9.91. The number of aliphatic imine (C=N–C) groups is 1. The fourth-order valence-electron chi connectivity index (χ4n) is 4.56. The Hall–Kier alpha value is -2.16. The van der Waals surface area contributed by atoms with Gasteiger partial charge < -0.3 is 4.90 Å². The van der Waals surface area contributed by atoms with E-state index in [0.29, 0.717) is 5.69 Å². The summed E-state index contributed by atoms with van der Waals surface area (Å²) >= 11 is 0. The third-order valence-corrected chi connectivity index (χ3v) is 6.13. The van der Waals surface area contributed by atoms with Gasteiger partial charge in [0, 0.05) is 26.2 Å². The maximum Gasteiger partial charge on any atom is 0.239 e. The molecule has 4 aliphatic rings. The molecule has 4 aliphatic heterocycles. The molecule has 2 fully saturated rings. The standard InChI is InChI=1S/C19H22FN5O2/c1-23-6-8-24(9-7-23)15-5-3-12-17(21-15)22-18-16(26)13-10-11(20)2-4-14(13)25(18)19(12)27/h2,4,10,12,15,17,21H,3,5-9H2,1H3. The monoisotopic (exact) mass is 371 g/mol. The number of likely N-dealkylation sites (N-methyl/N-ethyl adjacent to an activating group) is 1. The predicted molar refractivity (Wildman–Crippen MR) is 98.2 cm³/mol. The van der Waals surface area contributed by atoms with Crippen LogP contribution in [0.5, 0.6) is 0 Å². The summed E-state index contributed by atoms with van der Waals surface area (Å²) in [6, 6.07) is 3.96. The topological polar surface area (TPSA) is 68.2 Å². The molecule has 142 valence electrons. The van der Waals surface area contributed by atoms with E-state index in [9.17, 15) is 14.0 Å². The van der Waals surface area contributed by atoms with Gasteiger partial charge in [0.2, 0.25) is 11.7 Å². The maximum absolute atomic E-state index is 13.6. The Kier molecular flexibility index (Phi) is 3.89. The fraction of sp³-hybridized carbons (Fsp3) is 0.526. The number of hydrogen-bond donors (Lipinski definition) is 1. The number of hydrogen-bond acceptors (Lipinski definition) is 6. The highest BCUT2D eigenvalue weighted by atomic mass is 19.1. The summed E-state index contributed by atoms with van der Waals surface area (Å²) in [6.07, 6.45) is 1.37. The van der Waals surface area contributed by atoms with Crippen molar-refractivity contribution in [3.63, 3.8) is 0 Å². The number of nitrogens with one attached hydrogen (secondary N) is 1. The summed E-state index contributed by atoms with van der Waals surface area (Å²) < 4.78 is 13.6. The summed E-state index contributed by atoms with van der Waals surface area (Å²) in [4.78, 5) is 36.5. The van der Waals surface area contributed by atoms with Crippen LogP contribution in [0.3, 0.4) is 0 Å². The van der Waals surface area contributed by atoms with Crippen molar-refractivity contribution in [3.8, 4) is 0 Å². The van der Waals surface area contributed by atoms with Gasteiger partial charge in [-0.1, -0.05) is 0 Å². The first-order chi connectivity index (χ1) is 13.0. The Morgan fingerprint density at radius 3 is 2.70 bits per heavy atom. The number of amides is 1. The number of nitrogens with zero attached hydrogens (tertiary/aromatic N) is 4. The minimum Gasteiger partial charge on any atom is -0.304 e. The van der Waals surface area contributed by atoms with Gasteiger partial charge in [0.15, 0.2) is 5.84 Å². The first-order valence-corrected chi connectivity index (χ1v) is 9.47. The molecule has 5 rings (SSSR count). The van der Waals surface area contributed by atoms with Crippen molar-refractivity contribution >= 4 is 23.2 Å². The molecule has 27 heavy (non-hydrogen) atoms. The van der Waals surface area contributed by atoms with Crippen LogP contribution in [-0.4, -0.2) is 72.9 Å². The molecule has 3 unspecified atom stereocenters. The number of benzene rings is 1. The quantitative estimate of drug-likeness (QED) is 0.786. The Morgan fingerprint density at radius 1 is 1.15 bits per heavy atom. The van der Waals surface area contributed by atoms with E-state index < -0.39 is 12.0 Å². The van der Waals surface area contributed by atoms with Crippen LogP contribution in [0.2, 0.25) is 0 Å². The number of anilines is 1. The van der Waals surface area contributed by atoms with Crippen LogP contribution in [0.4, 0.5) is 10.1 Å². The smallest absolute Gasteiger partial charge is 0.239 e. The summed E-state index contributed by atoms with van der Waals surface area (Å²) in [7, 11) is 2.12. The highest BCUT2D eigenvalue weighted by Crippen LogP contribution is 2.37. The van der Waals surface area contributed by atoms with E-state index >= 15 is 0 Å². The number of piperazine rings is 1. The lowest BCUT2D eigenvalue weighted by Gasteiger charge is -2.45. The van der Waals surface area contributed by atoms with Gasteiger partial charge in [0.1, 0.15) is 12.0 Å². The summed E-state index contributed by atoms with van der Waals surface area (Å²) in [5, 5.41) is 3.49. The van der Waals surface area contributed by atoms with E-state index in [1.807, 2.05) is 0 Å². The maximum atomic E-state index is 13.6. The van der Waals surface area contributed by atoms with Crippen LogP contribution in [0.25, 0.3) is 0 Å². The average molecular weight is 371 g/mol. The SMILES string of the molecule is CN1CCN(C2CCC3C(=O)N4C(=NC3N2)C(=O)c2cc(F)ccc24)CC1. The Balaban J connectivity index is 1.43. The summed E-state index contributed by atoms with van der Waals surface area (Å²) in [6.45, 7) is 4.00. The fourth-order valence-corrected chi connectivity index (χ4v) is 4.56. The number of rotatable bonds is 1. The van der Waals surface area contributed by atoms with Gasteiger partial charge in [-0.05, 0) is 38.1 Å². The molecule has 1 N–H and O–H groups in total. The van der Waals surface area contributed by atoms with Gasteiger partial charge >= 0.3 is 0 Å². The number of halogens is 1. The van der Waals surface area contributed by atoms with Gasteiger partial charge in [-0.15, -0.1) is 0 Å². The second-order valence-corrected chi connectivity index (χ2v) is 7.77. The lowest BCUT2D eigenvalue weighted by molar-refractivity contribution is -0.124. The Labute approximate surface area is 156 Å². The van der Waals surface area contributed by atoms with E-state index in [4.69, 9.17) is 0 Å². The van der Waals surface area contributed by atoms with Crippen LogP contribution in [0.1, 0.15) is 23.2 Å². The minimum atomic E-state index is -0.485. The minimum absolute atomic E-state index is 0.118. The zero-order chi connectivity index (χ0) is 18.7. The van der Waals surface area contributed by atoms with Crippen molar-refractivity contribution in [2.45, 2.75) is 25.2 Å². The van der Waals surface area contributed by atoms with Crippen molar-refractivity contribution < 1.29 is 14.0 Å². The van der Waals surface area contributed by atoms with E-state index in [1.165, 1.54) is 23.1 Å². The first-order valence-electron chi connectivity index (χ1n) is 9.47. The number of ketones is 1. The van der Waals surface area contributed by atoms with Crippen molar-refractivity contribution in [2.24, 2.45) is 10.9 Å². The molecule has 0 aliphatic carbocycles. The molecule has 7 nitrogen and oxygen atoms in total. The summed E-state index contributed by atoms with van der Waals surface area (Å²) in [5.74, 6) is -1.15. The molecular weight excluding hydrogens is 349 g/mol. The van der Waals surface area contributed by atoms with Crippen molar-refractivity contribution in [2.75, 3.05) is 38.1 Å². The van der Waals surface area contributed by atoms with Gasteiger partial charge in [0.05, 0.1) is 23.3 Å². The molecule has 3 atom stereocenters. The van der Waals surface area contributed by atoms with E-state index in [2.05, 4.69) is 27.2 Å². The van der Waals surface area contributed by atoms with E-state index in [0.717, 1.165) is 39.0 Å². The molecule has 1 aromatic carbocycles. The van der Waals surface area contributed by atoms with Crippen LogP contribution in [0.15, 0.2) is 23.2 Å². The average Bonchev–Trinajstić information content (AvgIpc) is 2.94. The molecule has 0 spiro atoms. The number of fused-ring (bicyclic) bond motifs is 4. The highest BCUT2D eigenvalue weighted by Gasteiger charge is 2.49. The van der Waals surface area contributed by atoms with Crippen LogP contribution < -0.4 is 10.2 Å². The first kappa shape index (κ1) is 17.0. The molecule has 0 aromatic heterocycles. The number of Topliss-reactive ketones (excluding diaryl/α,β-unsaturated/α-hetero) is 1. The second-order valence-electron chi connectivity index (χ2n) is 7.77. The Morgan fingerprint density at radius 2 is 1.93 bits per heavy atom. The molecule has 8 heteroatoms. The van der Waals surface area contributed by atoms with Crippen LogP contribution in [-0.2, 0) is 4.79 Å². The second kappa shape index (κ2) is 6.19. The predicted octanol–water partition coefficient (Wildman–Crippen LogP) is 0.666. The number of amidine groups is 1. The van der Waals surface area contributed by atoms with Crippen molar-refractivity contribution in [3.05, 3.63) is 29.6 Å². The number of piperidine rings is 1. The summed E-state index contributed by atoms with van der Waals surface area (Å²) in [5.41, 5.74) is 0.668. The zero-order valence-corrected chi connectivity index (χ0v) is 15.2. The number of carbonyl (C=O) groups is 2. The molecule has 2 saturated heterocycles. The number of carbonyl (C=O) groups excluding carboxylic acids is 2. The van der Waals surface area contributed by atoms with Gasteiger partial charge in [-0.2, -0.15) is 0 Å². The largest absolute Gasteiger partial charge is 0.304 e. The molecule has 0 bridgehead atoms. The molecule has 1 amide bonds. The molecule has 1 aromatic rings. The van der Waals surface area contributed by atoms with Crippen molar-refractivity contribution in [1.82, 2.24) is 15.1 Å². The Bertz CT molecular complexity index is 849.